The lowest BCUT2D eigenvalue weighted by Crippen LogP contribution is -2.69. The van der Waals surface area contributed by atoms with Crippen LogP contribution in [-0.4, -0.2) is 126 Å². The van der Waals surface area contributed by atoms with Crippen LogP contribution in [0.15, 0.2) is 59.5 Å². The van der Waals surface area contributed by atoms with Gasteiger partial charge in [0, 0.05) is 46.4 Å². The van der Waals surface area contributed by atoms with Crippen LogP contribution in [0.1, 0.15) is 62.3 Å². The number of ether oxygens (including phenoxy) is 9. The van der Waals surface area contributed by atoms with Crippen LogP contribution in [-0.2, 0) is 71.4 Å². The first-order chi connectivity index (χ1) is 27.0. The van der Waals surface area contributed by atoms with Crippen molar-refractivity contribution in [1.82, 2.24) is 4.90 Å². The fourth-order valence-corrected chi connectivity index (χ4v) is 7.85. The minimum atomic E-state index is -1.83. The Morgan fingerprint density at radius 1 is 0.561 bits per heavy atom. The summed E-state index contributed by atoms with van der Waals surface area (Å²) < 4.78 is 52.3. The van der Waals surface area contributed by atoms with Crippen LogP contribution in [0.25, 0.3) is 0 Å². The third-order valence-electron chi connectivity index (χ3n) is 8.73. The van der Waals surface area contributed by atoms with E-state index in [4.69, 9.17) is 42.6 Å². The monoisotopic (exact) mass is 815 g/mol. The first kappa shape index (κ1) is 42.8. The van der Waals surface area contributed by atoms with E-state index in [9.17, 15) is 38.4 Å². The standard InChI is InChI=1S/C38H41NO17S/c1-18(40)48-16-27-31(50-20(3)42)33(52-22(5)44)34(53-23(6)45)37(54-27)56-30-28(17-49-19(2)41)55-38(57-24-12-8-7-9-13-24)29(32(30)51-21(4)43)39-35(46)25-14-10-11-15-26(25)36(39)47/h7-15,27-34,37-38H,16-17H2,1-6H3/t27-,28-,29-,30-,31+,32-,33+,34-,37+,38+/m1/s1. The minimum absolute atomic E-state index is 0.0756. The van der Waals surface area contributed by atoms with Gasteiger partial charge in [-0.2, -0.15) is 0 Å². The molecule has 57 heavy (non-hydrogen) atoms. The van der Waals surface area contributed by atoms with Gasteiger partial charge in [0.05, 0.1) is 11.1 Å². The van der Waals surface area contributed by atoms with Gasteiger partial charge in [0.25, 0.3) is 11.8 Å². The summed E-state index contributed by atoms with van der Waals surface area (Å²) in [4.78, 5) is 104. The summed E-state index contributed by atoms with van der Waals surface area (Å²) in [5.74, 6) is -6.53. The molecule has 0 aromatic heterocycles. The van der Waals surface area contributed by atoms with E-state index in [0.717, 1.165) is 58.2 Å². The van der Waals surface area contributed by atoms with Crippen LogP contribution in [0.5, 0.6) is 0 Å². The molecule has 10 atom stereocenters. The molecule has 306 valence electrons. The number of amides is 2. The Balaban J connectivity index is 1.66. The topological polar surface area (TPSA) is 223 Å². The second-order valence-corrected chi connectivity index (χ2v) is 14.2. The van der Waals surface area contributed by atoms with Crippen molar-refractivity contribution >= 4 is 59.4 Å². The second kappa shape index (κ2) is 18.7. The minimum Gasteiger partial charge on any atom is -0.463 e. The Morgan fingerprint density at radius 3 is 1.53 bits per heavy atom. The van der Waals surface area contributed by atoms with E-state index in [1.54, 1.807) is 42.5 Å². The average Bonchev–Trinajstić information content (AvgIpc) is 3.38. The van der Waals surface area contributed by atoms with Crippen molar-refractivity contribution in [3.05, 3.63) is 65.7 Å². The summed E-state index contributed by atoms with van der Waals surface area (Å²) in [5.41, 5.74) is -1.05. The van der Waals surface area contributed by atoms with Gasteiger partial charge < -0.3 is 42.6 Å². The summed E-state index contributed by atoms with van der Waals surface area (Å²) in [7, 11) is 0. The molecule has 2 fully saturated rings. The fraction of sp³-hybridized carbons (Fsp3) is 0.474. The summed E-state index contributed by atoms with van der Waals surface area (Å²) in [6.45, 7) is 5.34. The van der Waals surface area contributed by atoms with E-state index in [1.165, 1.54) is 12.1 Å². The third kappa shape index (κ3) is 10.3. The molecule has 2 amide bonds. The Hall–Kier alpha value is -5.37. The molecule has 0 radical (unpaired) electrons. The molecule has 18 nitrogen and oxygen atoms in total. The molecule has 3 heterocycles. The third-order valence-corrected chi connectivity index (χ3v) is 9.89. The van der Waals surface area contributed by atoms with E-state index in [1.807, 2.05) is 0 Å². The molecule has 3 aliphatic rings. The molecular formula is C38H41NO17S. The maximum Gasteiger partial charge on any atom is 0.303 e. The maximum atomic E-state index is 14.1. The smallest absolute Gasteiger partial charge is 0.303 e. The molecule has 2 aromatic carbocycles. The van der Waals surface area contributed by atoms with Crippen LogP contribution in [0.2, 0.25) is 0 Å². The molecule has 3 aliphatic heterocycles. The van der Waals surface area contributed by atoms with Gasteiger partial charge in [-0.25, -0.2) is 0 Å². The highest BCUT2D eigenvalue weighted by atomic mass is 32.2. The number of hydrogen-bond donors (Lipinski definition) is 0. The second-order valence-electron chi connectivity index (χ2n) is 13.0. The van der Waals surface area contributed by atoms with Gasteiger partial charge in [0.1, 0.15) is 43.0 Å². The van der Waals surface area contributed by atoms with Crippen LogP contribution < -0.4 is 0 Å². The molecule has 0 aliphatic carbocycles. The number of esters is 6. The van der Waals surface area contributed by atoms with Gasteiger partial charge in [-0.3, -0.25) is 43.3 Å². The zero-order valence-corrected chi connectivity index (χ0v) is 32.5. The van der Waals surface area contributed by atoms with Gasteiger partial charge in [-0.05, 0) is 24.3 Å². The summed E-state index contributed by atoms with van der Waals surface area (Å²) in [6.07, 6.45) is -12.8. The van der Waals surface area contributed by atoms with Crippen molar-refractivity contribution in [2.45, 2.75) is 107 Å². The average molecular weight is 816 g/mol. The molecule has 2 saturated heterocycles. The van der Waals surface area contributed by atoms with Crippen molar-refractivity contribution < 1.29 is 81.0 Å². The quantitative estimate of drug-likeness (QED) is 0.160. The van der Waals surface area contributed by atoms with Crippen molar-refractivity contribution in [3.8, 4) is 0 Å². The Morgan fingerprint density at radius 2 is 1.02 bits per heavy atom. The number of benzene rings is 2. The molecule has 0 spiro atoms. The summed E-state index contributed by atoms with van der Waals surface area (Å²) in [5, 5.41) is 0. The number of carbonyl (C=O) groups is 8. The number of hydrogen-bond acceptors (Lipinski definition) is 18. The Labute approximate surface area is 330 Å². The maximum absolute atomic E-state index is 14.1. The van der Waals surface area contributed by atoms with E-state index in [-0.39, 0.29) is 11.1 Å². The summed E-state index contributed by atoms with van der Waals surface area (Å²) >= 11 is 1.08. The highest BCUT2D eigenvalue weighted by Gasteiger charge is 2.59. The molecule has 0 unspecified atom stereocenters. The zero-order chi connectivity index (χ0) is 41.6. The number of rotatable bonds is 13. The zero-order valence-electron chi connectivity index (χ0n) is 31.7. The normalized spacial score (nSPS) is 28.1. The lowest BCUT2D eigenvalue weighted by Gasteiger charge is -2.50. The fourth-order valence-electron chi connectivity index (χ4n) is 6.65. The SMILES string of the molecule is CC(=O)OC[C@H]1O[C@@H](O[C@H]2[C@H](OC(C)=O)[C@@H](N3C(=O)c4ccccc4C3=O)[C@H](Sc3ccccc3)O[C@@H]2COC(C)=O)[C@H](OC(C)=O)[C@@H](OC(C)=O)[C@H]1OC(C)=O. The van der Waals surface area contributed by atoms with E-state index in [0.29, 0.717) is 4.90 Å². The van der Waals surface area contributed by atoms with Crippen LogP contribution in [0.4, 0.5) is 0 Å². The van der Waals surface area contributed by atoms with E-state index >= 15 is 0 Å². The highest BCUT2D eigenvalue weighted by molar-refractivity contribution is 7.99. The lowest BCUT2D eigenvalue weighted by atomic mass is 9.94. The van der Waals surface area contributed by atoms with Crippen molar-refractivity contribution in [2.75, 3.05) is 13.2 Å². The van der Waals surface area contributed by atoms with Gasteiger partial charge in [0.2, 0.25) is 0 Å². The molecule has 5 rings (SSSR count). The predicted octanol–water partition coefficient (Wildman–Crippen LogP) is 2.13. The number of fused-ring (bicyclic) bond motifs is 1. The highest BCUT2D eigenvalue weighted by Crippen LogP contribution is 2.42. The van der Waals surface area contributed by atoms with Crippen LogP contribution in [0.3, 0.4) is 0 Å². The molecule has 19 heteroatoms. The van der Waals surface area contributed by atoms with Crippen LogP contribution in [0, 0.1) is 0 Å². The Kier molecular flexibility index (Phi) is 14.0. The first-order valence-corrected chi connectivity index (χ1v) is 18.5. The van der Waals surface area contributed by atoms with Gasteiger partial charge in [-0.1, -0.05) is 42.1 Å². The Bertz CT molecular complexity index is 1840. The van der Waals surface area contributed by atoms with Crippen LogP contribution >= 0.6 is 11.8 Å². The molecule has 2 aromatic rings. The summed E-state index contributed by atoms with van der Waals surface area (Å²) in [6, 6.07) is 13.4. The predicted molar refractivity (Wildman–Crippen MR) is 191 cm³/mol. The first-order valence-electron chi connectivity index (χ1n) is 17.7. The number of thioether (sulfide) groups is 1. The lowest BCUT2D eigenvalue weighted by molar-refractivity contribution is -0.338. The van der Waals surface area contributed by atoms with Crippen molar-refractivity contribution in [3.63, 3.8) is 0 Å². The van der Waals surface area contributed by atoms with Gasteiger partial charge in [-0.15, -0.1) is 0 Å². The van der Waals surface area contributed by atoms with Crippen molar-refractivity contribution in [1.29, 1.82) is 0 Å². The van der Waals surface area contributed by atoms with Gasteiger partial charge in [0.15, 0.2) is 30.7 Å². The largest absolute Gasteiger partial charge is 0.463 e. The van der Waals surface area contributed by atoms with Crippen molar-refractivity contribution in [2.24, 2.45) is 0 Å². The number of imide groups is 1. The molecular weight excluding hydrogens is 774 g/mol. The van der Waals surface area contributed by atoms with E-state index in [2.05, 4.69) is 0 Å². The number of nitrogens with zero attached hydrogens (tertiary/aromatic N) is 1. The number of carbonyl (C=O) groups excluding carboxylic acids is 8. The van der Waals surface area contributed by atoms with Gasteiger partial charge >= 0.3 is 35.8 Å². The molecule has 0 bridgehead atoms. The molecule has 0 saturated carbocycles. The van der Waals surface area contributed by atoms with E-state index < -0.39 is 121 Å². The molecule has 0 N–H and O–H groups in total.